The Labute approximate surface area is 133 Å². The number of ether oxygens (including phenoxy) is 1. The molecule has 1 aromatic heterocycles. The van der Waals surface area contributed by atoms with Gasteiger partial charge < -0.3 is 10.1 Å². The molecule has 0 fully saturated rings. The summed E-state index contributed by atoms with van der Waals surface area (Å²) in [6.07, 6.45) is 2.33. The van der Waals surface area contributed by atoms with Gasteiger partial charge in [-0.1, -0.05) is 35.3 Å². The monoisotopic (exact) mass is 353 g/mol. The summed E-state index contributed by atoms with van der Waals surface area (Å²) in [6, 6.07) is 10.8. The molecule has 2 rings (SSSR count). The first-order chi connectivity index (χ1) is 9.74. The first kappa shape index (κ1) is 15.5. The zero-order chi connectivity index (χ0) is 14.4. The molecule has 0 spiro atoms. The topological polar surface area (TPSA) is 21.3 Å². The van der Waals surface area contributed by atoms with Crippen molar-refractivity contribution < 1.29 is 4.74 Å². The molecule has 0 saturated carbocycles. The van der Waals surface area contributed by atoms with Gasteiger partial charge in [0.2, 0.25) is 0 Å². The van der Waals surface area contributed by atoms with E-state index in [0.717, 1.165) is 23.2 Å². The highest BCUT2D eigenvalue weighted by molar-refractivity contribution is 9.10. The van der Waals surface area contributed by atoms with Gasteiger partial charge in [-0.2, -0.15) is 0 Å². The molecule has 1 N–H and O–H groups in total. The van der Waals surface area contributed by atoms with Gasteiger partial charge in [0, 0.05) is 21.9 Å². The van der Waals surface area contributed by atoms with Crippen molar-refractivity contribution in [3.05, 3.63) is 50.6 Å². The minimum atomic E-state index is 0.429. The Morgan fingerprint density at radius 1 is 1.35 bits per heavy atom. The number of thiophene rings is 1. The fourth-order valence-electron chi connectivity index (χ4n) is 2.17. The van der Waals surface area contributed by atoms with E-state index in [9.17, 15) is 0 Å². The number of halogens is 1. The van der Waals surface area contributed by atoms with Crippen LogP contribution in [-0.2, 0) is 6.54 Å². The van der Waals surface area contributed by atoms with Crippen molar-refractivity contribution in [3.8, 4) is 5.75 Å². The van der Waals surface area contributed by atoms with Gasteiger partial charge in [0.15, 0.2) is 0 Å². The summed E-state index contributed by atoms with van der Waals surface area (Å²) in [5, 5.41) is 5.80. The van der Waals surface area contributed by atoms with Crippen LogP contribution in [0.15, 0.2) is 40.2 Å². The van der Waals surface area contributed by atoms with Crippen LogP contribution >= 0.6 is 27.3 Å². The third-order valence-corrected chi connectivity index (χ3v) is 5.02. The summed E-state index contributed by atoms with van der Waals surface area (Å²) in [5.41, 5.74) is 1.22. The van der Waals surface area contributed by atoms with Gasteiger partial charge in [0.1, 0.15) is 5.75 Å². The van der Waals surface area contributed by atoms with Gasteiger partial charge in [-0.25, -0.2) is 0 Å². The number of benzene rings is 1. The maximum absolute atomic E-state index is 5.29. The highest BCUT2D eigenvalue weighted by atomic mass is 79.9. The molecule has 0 aliphatic rings. The van der Waals surface area contributed by atoms with Crippen LogP contribution in [0.4, 0.5) is 0 Å². The summed E-state index contributed by atoms with van der Waals surface area (Å²) in [7, 11) is 1.70. The van der Waals surface area contributed by atoms with Gasteiger partial charge in [0.05, 0.1) is 7.11 Å². The molecule has 1 atom stereocenters. The number of rotatable bonds is 7. The summed E-state index contributed by atoms with van der Waals surface area (Å²) >= 11 is 5.42. The average Bonchev–Trinajstić information content (AvgIpc) is 2.99. The third-order valence-electron chi connectivity index (χ3n) is 3.26. The second kappa shape index (κ2) is 7.81. The van der Waals surface area contributed by atoms with Crippen molar-refractivity contribution in [1.82, 2.24) is 5.32 Å². The Balaban J connectivity index is 2.05. The smallest absolute Gasteiger partial charge is 0.119 e. The average molecular weight is 354 g/mol. The van der Waals surface area contributed by atoms with Crippen molar-refractivity contribution in [2.24, 2.45) is 0 Å². The Morgan fingerprint density at radius 2 is 2.20 bits per heavy atom. The van der Waals surface area contributed by atoms with Crippen LogP contribution in [0.2, 0.25) is 0 Å². The zero-order valence-electron chi connectivity index (χ0n) is 11.9. The second-order valence-electron chi connectivity index (χ2n) is 4.69. The fraction of sp³-hybridized carbons (Fsp3) is 0.375. The fourth-order valence-corrected chi connectivity index (χ4v) is 3.39. The molecular weight excluding hydrogens is 334 g/mol. The van der Waals surface area contributed by atoms with Crippen molar-refractivity contribution in [2.45, 2.75) is 32.4 Å². The summed E-state index contributed by atoms with van der Waals surface area (Å²) in [6.45, 7) is 3.06. The van der Waals surface area contributed by atoms with Gasteiger partial charge in [-0.15, -0.1) is 11.3 Å². The van der Waals surface area contributed by atoms with E-state index < -0.39 is 0 Å². The first-order valence-electron chi connectivity index (χ1n) is 6.83. The molecule has 0 aliphatic heterocycles. The molecule has 0 bridgehead atoms. The molecule has 0 saturated heterocycles. The molecule has 2 nitrogen and oxygen atoms in total. The lowest BCUT2D eigenvalue weighted by atomic mass is 10.1. The minimum Gasteiger partial charge on any atom is -0.497 e. The maximum Gasteiger partial charge on any atom is 0.119 e. The van der Waals surface area contributed by atoms with Gasteiger partial charge in [-0.3, -0.25) is 0 Å². The van der Waals surface area contributed by atoms with Crippen molar-refractivity contribution >= 4 is 27.3 Å². The van der Waals surface area contributed by atoms with Crippen LogP contribution in [0.25, 0.3) is 0 Å². The summed E-state index contributed by atoms with van der Waals surface area (Å²) in [5.74, 6) is 0.896. The standard InChI is InChI=1S/C16H20BrNOS/c1-3-5-15(16-6-4-9-20-16)18-11-12-10-13(19-2)7-8-14(12)17/h4,6-10,15,18H,3,5,11H2,1-2H3. The molecule has 0 radical (unpaired) electrons. The molecule has 1 unspecified atom stereocenters. The molecule has 0 amide bonds. The summed E-state index contributed by atoms with van der Waals surface area (Å²) in [4.78, 5) is 1.41. The normalized spacial score (nSPS) is 12.3. The van der Waals surface area contributed by atoms with Gasteiger partial charge in [-0.05, 0) is 41.6 Å². The van der Waals surface area contributed by atoms with Crippen molar-refractivity contribution in [2.75, 3.05) is 7.11 Å². The predicted octanol–water partition coefficient (Wildman–Crippen LogP) is 5.15. The quantitative estimate of drug-likeness (QED) is 0.742. The first-order valence-corrected chi connectivity index (χ1v) is 8.51. The van der Waals surface area contributed by atoms with E-state index in [2.05, 4.69) is 51.7 Å². The molecule has 108 valence electrons. The molecule has 20 heavy (non-hydrogen) atoms. The van der Waals surface area contributed by atoms with Crippen molar-refractivity contribution in [3.63, 3.8) is 0 Å². The van der Waals surface area contributed by atoms with Crippen LogP contribution in [0, 0.1) is 0 Å². The molecule has 4 heteroatoms. The van der Waals surface area contributed by atoms with E-state index in [4.69, 9.17) is 4.74 Å². The van der Waals surface area contributed by atoms with Crippen LogP contribution in [0.1, 0.15) is 36.2 Å². The Hall–Kier alpha value is -0.840. The molecule has 0 aliphatic carbocycles. The van der Waals surface area contributed by atoms with Crippen LogP contribution < -0.4 is 10.1 Å². The number of hydrogen-bond acceptors (Lipinski definition) is 3. The van der Waals surface area contributed by atoms with E-state index in [-0.39, 0.29) is 0 Å². The number of methoxy groups -OCH3 is 1. The van der Waals surface area contributed by atoms with Crippen molar-refractivity contribution in [1.29, 1.82) is 0 Å². The zero-order valence-corrected chi connectivity index (χ0v) is 14.3. The molecular formula is C16H20BrNOS. The predicted molar refractivity (Wildman–Crippen MR) is 89.5 cm³/mol. The van der Waals surface area contributed by atoms with E-state index >= 15 is 0 Å². The number of nitrogens with one attached hydrogen (secondary N) is 1. The Morgan fingerprint density at radius 3 is 2.85 bits per heavy atom. The van der Waals surface area contributed by atoms with Gasteiger partial charge >= 0.3 is 0 Å². The Kier molecular flexibility index (Phi) is 6.07. The minimum absolute atomic E-state index is 0.429. The highest BCUT2D eigenvalue weighted by Gasteiger charge is 2.12. The maximum atomic E-state index is 5.29. The molecule has 2 aromatic rings. The van der Waals surface area contributed by atoms with E-state index in [1.54, 1.807) is 7.11 Å². The third kappa shape index (κ3) is 4.08. The second-order valence-corrected chi connectivity index (χ2v) is 6.53. The van der Waals surface area contributed by atoms with Crippen LogP contribution in [-0.4, -0.2) is 7.11 Å². The van der Waals surface area contributed by atoms with Gasteiger partial charge in [0.25, 0.3) is 0 Å². The van der Waals surface area contributed by atoms with Crippen LogP contribution in [0.3, 0.4) is 0 Å². The lowest BCUT2D eigenvalue weighted by molar-refractivity contribution is 0.413. The number of hydrogen-bond donors (Lipinski definition) is 1. The van der Waals surface area contributed by atoms with E-state index in [1.165, 1.54) is 16.9 Å². The Bertz CT molecular complexity index is 527. The largest absolute Gasteiger partial charge is 0.497 e. The van der Waals surface area contributed by atoms with E-state index in [0.29, 0.717) is 6.04 Å². The SMILES string of the molecule is CCCC(NCc1cc(OC)ccc1Br)c1cccs1. The molecule has 1 heterocycles. The summed E-state index contributed by atoms with van der Waals surface area (Å²) < 4.78 is 6.41. The van der Waals surface area contributed by atoms with E-state index in [1.807, 2.05) is 23.5 Å². The lowest BCUT2D eigenvalue weighted by Crippen LogP contribution is -2.20. The lowest BCUT2D eigenvalue weighted by Gasteiger charge is -2.17. The molecule has 1 aromatic carbocycles. The highest BCUT2D eigenvalue weighted by Crippen LogP contribution is 2.26. The van der Waals surface area contributed by atoms with Crippen LogP contribution in [0.5, 0.6) is 5.75 Å².